The molecule has 1 atom stereocenters. The summed E-state index contributed by atoms with van der Waals surface area (Å²) in [7, 11) is 0. The zero-order valence-corrected chi connectivity index (χ0v) is 19.2. The second-order valence-corrected chi connectivity index (χ2v) is 8.39. The van der Waals surface area contributed by atoms with Crippen LogP contribution in [0.25, 0.3) is 10.9 Å². The van der Waals surface area contributed by atoms with Gasteiger partial charge in [0, 0.05) is 42.2 Å². The highest BCUT2D eigenvalue weighted by atomic mass is 35.5. The molecule has 2 heterocycles. The predicted molar refractivity (Wildman–Crippen MR) is 135 cm³/mol. The summed E-state index contributed by atoms with van der Waals surface area (Å²) in [6.07, 6.45) is 2.09. The third kappa shape index (κ3) is 4.89. The van der Waals surface area contributed by atoms with Gasteiger partial charge in [0.2, 0.25) is 0 Å². The Hall–Kier alpha value is -3.04. The smallest absolute Gasteiger partial charge is 0.120 e. The van der Waals surface area contributed by atoms with Crippen molar-refractivity contribution in [3.63, 3.8) is 0 Å². The van der Waals surface area contributed by atoms with Gasteiger partial charge in [0.25, 0.3) is 0 Å². The number of hydrogen-bond acceptors (Lipinski definition) is 3. The molecule has 0 spiro atoms. The summed E-state index contributed by atoms with van der Waals surface area (Å²) in [5, 5.41) is 1.18. The zero-order chi connectivity index (χ0) is 21.0. The monoisotopic (exact) mass is 444 g/mol. The molecule has 3 nitrogen and oxygen atoms in total. The molecule has 0 N–H and O–H groups in total. The Balaban J connectivity index is 0.00000245. The maximum absolute atomic E-state index is 6.11. The molecule has 32 heavy (non-hydrogen) atoms. The normalized spacial score (nSPS) is 15.5. The minimum absolute atomic E-state index is 0. The highest BCUT2D eigenvalue weighted by Gasteiger charge is 2.25. The third-order valence-electron chi connectivity index (χ3n) is 6.19. The quantitative estimate of drug-likeness (QED) is 0.336. The largest absolute Gasteiger partial charge is 0.493 e. The summed E-state index contributed by atoms with van der Waals surface area (Å²) >= 11 is 0. The molecule has 1 aliphatic heterocycles. The van der Waals surface area contributed by atoms with Crippen molar-refractivity contribution in [3.05, 3.63) is 102 Å². The molecule has 1 aliphatic rings. The average Bonchev–Trinajstić information content (AvgIpc) is 3.30. The lowest BCUT2D eigenvalue weighted by Gasteiger charge is -2.22. The number of aryl methyl sites for hydroxylation is 1. The van der Waals surface area contributed by atoms with Crippen LogP contribution in [0.5, 0.6) is 5.75 Å². The van der Waals surface area contributed by atoms with Crippen molar-refractivity contribution in [3.8, 4) is 5.75 Å². The van der Waals surface area contributed by atoms with Gasteiger partial charge in [0.05, 0.1) is 12.1 Å². The number of anilines is 1. The Bertz CT molecular complexity index is 1160. The van der Waals surface area contributed by atoms with Crippen LogP contribution in [-0.2, 0) is 6.42 Å². The van der Waals surface area contributed by atoms with Crippen molar-refractivity contribution in [2.75, 3.05) is 24.6 Å². The second kappa shape index (κ2) is 10.1. The van der Waals surface area contributed by atoms with E-state index in [-0.39, 0.29) is 12.4 Å². The fourth-order valence-corrected chi connectivity index (χ4v) is 4.57. The summed E-state index contributed by atoms with van der Waals surface area (Å²) in [6, 6.07) is 29.9. The molecule has 0 aliphatic carbocycles. The van der Waals surface area contributed by atoms with Gasteiger partial charge in [-0.15, -0.1) is 12.4 Å². The van der Waals surface area contributed by atoms with Crippen molar-refractivity contribution in [1.82, 2.24) is 4.98 Å². The fourth-order valence-electron chi connectivity index (χ4n) is 4.57. The molecule has 1 unspecified atom stereocenters. The van der Waals surface area contributed by atoms with Crippen LogP contribution in [0, 0.1) is 6.92 Å². The highest BCUT2D eigenvalue weighted by Crippen LogP contribution is 2.36. The van der Waals surface area contributed by atoms with Gasteiger partial charge in [-0.25, -0.2) is 0 Å². The zero-order valence-electron chi connectivity index (χ0n) is 18.4. The van der Waals surface area contributed by atoms with Crippen molar-refractivity contribution in [2.45, 2.75) is 25.7 Å². The van der Waals surface area contributed by atoms with Crippen molar-refractivity contribution in [2.24, 2.45) is 0 Å². The van der Waals surface area contributed by atoms with E-state index >= 15 is 0 Å². The topological polar surface area (TPSA) is 25.4 Å². The summed E-state index contributed by atoms with van der Waals surface area (Å²) < 4.78 is 6.11. The van der Waals surface area contributed by atoms with Gasteiger partial charge in [-0.3, -0.25) is 4.98 Å². The number of benzene rings is 3. The van der Waals surface area contributed by atoms with Crippen LogP contribution in [0.3, 0.4) is 0 Å². The van der Waals surface area contributed by atoms with E-state index in [1.807, 2.05) is 12.1 Å². The predicted octanol–water partition coefficient (Wildman–Crippen LogP) is 6.58. The van der Waals surface area contributed by atoms with Gasteiger partial charge < -0.3 is 9.64 Å². The Kier molecular flexibility index (Phi) is 6.96. The van der Waals surface area contributed by atoms with Crippen molar-refractivity contribution in [1.29, 1.82) is 0 Å². The van der Waals surface area contributed by atoms with E-state index in [0.717, 1.165) is 36.5 Å². The Morgan fingerprint density at radius 2 is 1.69 bits per heavy atom. The molecule has 0 amide bonds. The van der Waals surface area contributed by atoms with Crippen LogP contribution in [0.15, 0.2) is 84.9 Å². The molecular weight excluding hydrogens is 416 g/mol. The molecule has 0 bridgehead atoms. The van der Waals surface area contributed by atoms with Crippen LogP contribution >= 0.6 is 12.4 Å². The number of ether oxygens (including phenoxy) is 1. The first-order valence-electron chi connectivity index (χ1n) is 11.1. The van der Waals surface area contributed by atoms with Crippen LogP contribution < -0.4 is 9.64 Å². The summed E-state index contributed by atoms with van der Waals surface area (Å²) in [5.41, 5.74) is 6.10. The number of pyridine rings is 1. The number of fused-ring (bicyclic) bond motifs is 1. The van der Waals surface area contributed by atoms with Gasteiger partial charge in [-0.1, -0.05) is 60.7 Å². The van der Waals surface area contributed by atoms with Crippen LogP contribution in [0.2, 0.25) is 0 Å². The SMILES string of the molecule is Cc1cc(N2CCC(c3ccccc3)C2)c2cc(OCCc3ccccc3)ccc2n1.Cl. The van der Waals surface area contributed by atoms with E-state index in [2.05, 4.69) is 84.6 Å². The molecule has 1 saturated heterocycles. The van der Waals surface area contributed by atoms with Crippen molar-refractivity contribution >= 4 is 29.0 Å². The maximum atomic E-state index is 6.11. The third-order valence-corrected chi connectivity index (χ3v) is 6.19. The van der Waals surface area contributed by atoms with Gasteiger partial charge in [0.1, 0.15) is 5.75 Å². The standard InChI is InChI=1S/C28H28N2O.ClH/c1-21-18-28(30-16-14-24(20-30)23-10-6-3-7-11-23)26-19-25(12-13-27(26)29-21)31-17-15-22-8-4-2-5-9-22;/h2-13,18-19,24H,14-17,20H2,1H3;1H. The maximum Gasteiger partial charge on any atom is 0.120 e. The lowest BCUT2D eigenvalue weighted by Crippen LogP contribution is -2.20. The van der Waals surface area contributed by atoms with Gasteiger partial charge >= 0.3 is 0 Å². The minimum Gasteiger partial charge on any atom is -0.493 e. The first-order chi connectivity index (χ1) is 15.3. The second-order valence-electron chi connectivity index (χ2n) is 8.39. The van der Waals surface area contributed by atoms with E-state index in [1.54, 1.807) is 0 Å². The van der Waals surface area contributed by atoms with Crippen molar-refractivity contribution < 1.29 is 4.74 Å². The summed E-state index contributed by atoms with van der Waals surface area (Å²) in [5.74, 6) is 1.49. The first-order valence-corrected chi connectivity index (χ1v) is 11.1. The molecule has 0 radical (unpaired) electrons. The van der Waals surface area contributed by atoms with E-state index in [1.165, 1.54) is 28.6 Å². The van der Waals surface area contributed by atoms with Gasteiger partial charge in [0.15, 0.2) is 0 Å². The molecular formula is C28H29ClN2O. The van der Waals surface area contributed by atoms with Gasteiger partial charge in [-0.2, -0.15) is 0 Å². The molecule has 5 rings (SSSR count). The van der Waals surface area contributed by atoms with E-state index in [0.29, 0.717) is 12.5 Å². The number of aromatic nitrogens is 1. The van der Waals surface area contributed by atoms with Crippen LogP contribution in [0.1, 0.15) is 29.2 Å². The Morgan fingerprint density at radius 3 is 2.47 bits per heavy atom. The van der Waals surface area contributed by atoms with Gasteiger partial charge in [-0.05, 0) is 48.7 Å². The van der Waals surface area contributed by atoms with Crippen LogP contribution in [0.4, 0.5) is 5.69 Å². The lowest BCUT2D eigenvalue weighted by molar-refractivity contribution is 0.322. The Labute approximate surface area is 196 Å². The highest BCUT2D eigenvalue weighted by molar-refractivity contribution is 5.93. The lowest BCUT2D eigenvalue weighted by atomic mass is 9.99. The minimum atomic E-state index is 0. The molecule has 4 aromatic rings. The average molecular weight is 445 g/mol. The molecule has 1 fully saturated rings. The number of halogens is 1. The number of rotatable bonds is 6. The fraction of sp³-hybridized carbons (Fsp3) is 0.250. The molecule has 1 aromatic heterocycles. The molecule has 164 valence electrons. The summed E-state index contributed by atoms with van der Waals surface area (Å²) in [6.45, 7) is 4.86. The van der Waals surface area contributed by atoms with E-state index < -0.39 is 0 Å². The van der Waals surface area contributed by atoms with Crippen LogP contribution in [-0.4, -0.2) is 24.7 Å². The molecule has 4 heteroatoms. The van der Waals surface area contributed by atoms with E-state index in [4.69, 9.17) is 9.72 Å². The molecule has 0 saturated carbocycles. The summed E-state index contributed by atoms with van der Waals surface area (Å²) in [4.78, 5) is 7.29. The number of hydrogen-bond donors (Lipinski definition) is 0. The first kappa shape index (κ1) is 22.2. The van der Waals surface area contributed by atoms with E-state index in [9.17, 15) is 0 Å². The number of nitrogens with zero attached hydrogens (tertiary/aromatic N) is 2. The Morgan fingerprint density at radius 1 is 0.938 bits per heavy atom. The molecule has 3 aromatic carbocycles.